The van der Waals surface area contributed by atoms with Crippen LogP contribution in [0, 0.1) is 6.92 Å². The van der Waals surface area contributed by atoms with Crippen LogP contribution in [0.2, 0.25) is 0 Å². The average molecular weight is 384 g/mol. The van der Waals surface area contributed by atoms with Gasteiger partial charge in [-0.05, 0) is 38.3 Å². The Balaban J connectivity index is 1.70. The Kier molecular flexibility index (Phi) is 7.01. The number of hydrogen-bond donors (Lipinski definition) is 1. The molecule has 1 amide bonds. The molecule has 1 aliphatic heterocycles. The van der Waals surface area contributed by atoms with Crippen molar-refractivity contribution in [2.24, 2.45) is 0 Å². The Labute approximate surface area is 166 Å². The van der Waals surface area contributed by atoms with Crippen LogP contribution in [0.1, 0.15) is 30.9 Å². The minimum atomic E-state index is -0.586. The first-order valence-corrected chi connectivity index (χ1v) is 9.77. The highest BCUT2D eigenvalue weighted by molar-refractivity contribution is 5.99. The molecule has 2 aromatic rings. The molecule has 0 unspecified atom stereocenters. The second-order valence-electron chi connectivity index (χ2n) is 6.95. The maximum absolute atomic E-state index is 13.3. The van der Waals surface area contributed by atoms with Crippen LogP contribution in [0.15, 0.2) is 42.6 Å². The van der Waals surface area contributed by atoms with Gasteiger partial charge in [-0.3, -0.25) is 4.79 Å². The van der Waals surface area contributed by atoms with Crippen LogP contribution < -0.4 is 10.1 Å². The topological polar surface area (TPSA) is 69.7 Å². The number of rotatable bonds is 8. The van der Waals surface area contributed by atoms with Gasteiger partial charge in [0.25, 0.3) is 0 Å². The first kappa shape index (κ1) is 20.3. The molecular weight excluding hydrogens is 356 g/mol. The van der Waals surface area contributed by atoms with Crippen molar-refractivity contribution in [3.05, 3.63) is 53.7 Å². The quantitative estimate of drug-likeness (QED) is 0.706. The molecule has 28 heavy (non-hydrogen) atoms. The number of carbonyl (C=O) groups excluding carboxylic acids is 1. The molecule has 6 nitrogen and oxygen atoms in total. The molecule has 1 aromatic heterocycles. The van der Waals surface area contributed by atoms with Crippen molar-refractivity contribution in [3.8, 4) is 5.88 Å². The van der Waals surface area contributed by atoms with Crippen molar-refractivity contribution in [1.82, 2.24) is 4.98 Å². The predicted octanol–water partition coefficient (Wildman–Crippen LogP) is 3.49. The Hall–Kier alpha value is -2.44. The summed E-state index contributed by atoms with van der Waals surface area (Å²) in [5, 5.41) is 3.04. The summed E-state index contributed by atoms with van der Waals surface area (Å²) >= 11 is 0. The van der Waals surface area contributed by atoms with Crippen LogP contribution in [0.4, 0.5) is 5.69 Å². The van der Waals surface area contributed by atoms with E-state index in [-0.39, 0.29) is 5.91 Å². The standard InChI is InChI=1S/C22H28N2O4/c1-3-26-13-14-28-20-8-7-19(16-23-20)24-21(25)22(9-11-27-12-10-22)18-6-4-5-17(2)15-18/h4-8,15-16H,3,9-14H2,1-2H3,(H,24,25). The molecule has 150 valence electrons. The zero-order valence-corrected chi connectivity index (χ0v) is 16.6. The van der Waals surface area contributed by atoms with Gasteiger partial charge in [0.1, 0.15) is 6.61 Å². The second kappa shape index (κ2) is 9.66. The van der Waals surface area contributed by atoms with E-state index in [1.807, 2.05) is 38.1 Å². The summed E-state index contributed by atoms with van der Waals surface area (Å²) in [6.45, 7) is 6.77. The van der Waals surface area contributed by atoms with Crippen LogP contribution in [0.25, 0.3) is 0 Å². The van der Waals surface area contributed by atoms with Crippen molar-refractivity contribution >= 4 is 11.6 Å². The summed E-state index contributed by atoms with van der Waals surface area (Å²) in [6, 6.07) is 11.7. The van der Waals surface area contributed by atoms with Crippen molar-refractivity contribution < 1.29 is 19.0 Å². The number of aromatic nitrogens is 1. The van der Waals surface area contributed by atoms with Crippen LogP contribution in [0.3, 0.4) is 0 Å². The van der Waals surface area contributed by atoms with Gasteiger partial charge in [-0.25, -0.2) is 4.98 Å². The maximum Gasteiger partial charge on any atom is 0.235 e. The van der Waals surface area contributed by atoms with Gasteiger partial charge < -0.3 is 19.5 Å². The highest BCUT2D eigenvalue weighted by Crippen LogP contribution is 2.36. The largest absolute Gasteiger partial charge is 0.475 e. The van der Waals surface area contributed by atoms with Gasteiger partial charge in [0, 0.05) is 25.9 Å². The van der Waals surface area contributed by atoms with Gasteiger partial charge >= 0.3 is 0 Å². The number of pyridine rings is 1. The molecule has 1 aromatic carbocycles. The minimum Gasteiger partial charge on any atom is -0.475 e. The highest BCUT2D eigenvalue weighted by atomic mass is 16.5. The first-order chi connectivity index (χ1) is 13.6. The molecule has 3 rings (SSSR count). The predicted molar refractivity (Wildman–Crippen MR) is 108 cm³/mol. The van der Waals surface area contributed by atoms with Crippen LogP contribution >= 0.6 is 0 Å². The van der Waals surface area contributed by atoms with E-state index in [4.69, 9.17) is 14.2 Å². The molecule has 1 aliphatic rings. The fourth-order valence-electron chi connectivity index (χ4n) is 3.45. The van der Waals surface area contributed by atoms with E-state index in [1.165, 1.54) is 0 Å². The second-order valence-corrected chi connectivity index (χ2v) is 6.95. The summed E-state index contributed by atoms with van der Waals surface area (Å²) in [7, 11) is 0. The molecular formula is C22H28N2O4. The van der Waals surface area contributed by atoms with E-state index in [0.717, 1.165) is 11.1 Å². The fraction of sp³-hybridized carbons (Fsp3) is 0.455. The summed E-state index contributed by atoms with van der Waals surface area (Å²) in [5.74, 6) is 0.491. The van der Waals surface area contributed by atoms with Crippen molar-refractivity contribution in [3.63, 3.8) is 0 Å². The molecule has 6 heteroatoms. The number of benzene rings is 1. The number of nitrogens with zero attached hydrogens (tertiary/aromatic N) is 1. The van der Waals surface area contributed by atoms with E-state index in [9.17, 15) is 4.79 Å². The monoisotopic (exact) mass is 384 g/mol. The molecule has 0 aliphatic carbocycles. The average Bonchev–Trinajstić information content (AvgIpc) is 2.73. The zero-order valence-electron chi connectivity index (χ0n) is 16.6. The van der Waals surface area contributed by atoms with Crippen LogP contribution in [-0.4, -0.2) is 43.9 Å². The number of carbonyl (C=O) groups is 1. The smallest absolute Gasteiger partial charge is 0.235 e. The summed E-state index contributed by atoms with van der Waals surface area (Å²) in [5.41, 5.74) is 2.25. The molecule has 0 atom stereocenters. The Morgan fingerprint density at radius 1 is 1.21 bits per heavy atom. The van der Waals surface area contributed by atoms with E-state index in [1.54, 1.807) is 12.3 Å². The lowest BCUT2D eigenvalue weighted by atomic mass is 9.73. The van der Waals surface area contributed by atoms with Crippen LogP contribution in [-0.2, 0) is 19.7 Å². The van der Waals surface area contributed by atoms with E-state index < -0.39 is 5.41 Å². The molecule has 2 heterocycles. The van der Waals surface area contributed by atoms with Crippen molar-refractivity contribution in [1.29, 1.82) is 0 Å². The zero-order chi connectivity index (χ0) is 19.8. The lowest BCUT2D eigenvalue weighted by Gasteiger charge is -2.36. The molecule has 1 N–H and O–H groups in total. The van der Waals surface area contributed by atoms with Crippen LogP contribution in [0.5, 0.6) is 5.88 Å². The summed E-state index contributed by atoms with van der Waals surface area (Å²) < 4.78 is 16.3. The van der Waals surface area contributed by atoms with Gasteiger partial charge in [0.15, 0.2) is 0 Å². The normalized spacial score (nSPS) is 15.8. The molecule has 0 radical (unpaired) electrons. The van der Waals surface area contributed by atoms with Crippen molar-refractivity contribution in [2.75, 3.05) is 38.4 Å². The lowest BCUT2D eigenvalue weighted by molar-refractivity contribution is -0.125. The molecule has 0 saturated carbocycles. The number of ether oxygens (including phenoxy) is 3. The number of amides is 1. The Morgan fingerprint density at radius 2 is 2.04 bits per heavy atom. The SMILES string of the molecule is CCOCCOc1ccc(NC(=O)C2(c3cccc(C)c3)CCOCC2)cn1. The van der Waals surface area contributed by atoms with Gasteiger partial charge in [-0.1, -0.05) is 29.8 Å². The fourth-order valence-corrected chi connectivity index (χ4v) is 3.45. The number of anilines is 1. The van der Waals surface area contributed by atoms with Crippen molar-refractivity contribution in [2.45, 2.75) is 32.1 Å². The Bertz CT molecular complexity index is 770. The molecule has 1 fully saturated rings. The van der Waals surface area contributed by atoms with E-state index in [2.05, 4.69) is 16.4 Å². The first-order valence-electron chi connectivity index (χ1n) is 9.77. The number of aryl methyl sites for hydroxylation is 1. The molecule has 1 saturated heterocycles. The third kappa shape index (κ3) is 4.88. The third-order valence-electron chi connectivity index (χ3n) is 5.03. The summed E-state index contributed by atoms with van der Waals surface area (Å²) in [4.78, 5) is 17.6. The third-order valence-corrected chi connectivity index (χ3v) is 5.03. The maximum atomic E-state index is 13.3. The van der Waals surface area contributed by atoms with Gasteiger partial charge in [-0.2, -0.15) is 0 Å². The van der Waals surface area contributed by atoms with E-state index >= 15 is 0 Å². The number of hydrogen-bond acceptors (Lipinski definition) is 5. The van der Waals surface area contributed by atoms with Gasteiger partial charge in [-0.15, -0.1) is 0 Å². The van der Waals surface area contributed by atoms with Gasteiger partial charge in [0.2, 0.25) is 11.8 Å². The minimum absolute atomic E-state index is 0.0202. The molecule has 0 bridgehead atoms. The summed E-state index contributed by atoms with van der Waals surface area (Å²) in [6.07, 6.45) is 2.94. The van der Waals surface area contributed by atoms with E-state index in [0.29, 0.717) is 57.4 Å². The van der Waals surface area contributed by atoms with Gasteiger partial charge in [0.05, 0.1) is 23.9 Å². The Morgan fingerprint density at radius 3 is 2.71 bits per heavy atom. The highest BCUT2D eigenvalue weighted by Gasteiger charge is 2.41. The lowest BCUT2D eigenvalue weighted by Crippen LogP contribution is -2.44. The number of nitrogens with one attached hydrogen (secondary N) is 1. The molecule has 0 spiro atoms.